The lowest BCUT2D eigenvalue weighted by molar-refractivity contribution is -0.131. The number of carbonyl (C=O) groups excluding carboxylic acids is 1. The fourth-order valence-electron chi connectivity index (χ4n) is 2.30. The minimum Gasteiger partial charge on any atom is -0.427 e. The third-order valence-corrected chi connectivity index (χ3v) is 4.28. The van der Waals surface area contributed by atoms with Gasteiger partial charge in [0, 0.05) is 6.92 Å². The molecule has 2 aromatic rings. The Morgan fingerprint density at radius 2 is 1.42 bits per heavy atom. The summed E-state index contributed by atoms with van der Waals surface area (Å²) >= 11 is 0. The molecule has 2 rings (SSSR count). The molecular formula is C22H30O2. The Kier molecular flexibility index (Phi) is 8.85. The Morgan fingerprint density at radius 3 is 1.96 bits per heavy atom. The van der Waals surface area contributed by atoms with Crippen LogP contribution in [0, 0.1) is 0 Å². The smallest absolute Gasteiger partial charge is 0.308 e. The van der Waals surface area contributed by atoms with E-state index in [2.05, 4.69) is 64.1 Å². The molecule has 0 N–H and O–H groups in total. The van der Waals surface area contributed by atoms with Crippen molar-refractivity contribution in [2.24, 2.45) is 0 Å². The zero-order chi connectivity index (χ0) is 17.9. The van der Waals surface area contributed by atoms with Gasteiger partial charge in [-0.3, -0.25) is 4.79 Å². The first kappa shape index (κ1) is 20.0. The Bertz CT molecular complexity index is 604. The van der Waals surface area contributed by atoms with Gasteiger partial charge in [-0.1, -0.05) is 70.2 Å². The number of ether oxygens (including phenoxy) is 1. The van der Waals surface area contributed by atoms with Crippen molar-refractivity contribution in [1.29, 1.82) is 0 Å². The van der Waals surface area contributed by atoms with Gasteiger partial charge in [-0.05, 0) is 47.9 Å². The molecule has 0 radical (unpaired) electrons. The summed E-state index contributed by atoms with van der Waals surface area (Å²) in [5.74, 6) is 1.58. The van der Waals surface area contributed by atoms with Crippen molar-refractivity contribution in [3.05, 3.63) is 65.7 Å². The fourth-order valence-corrected chi connectivity index (χ4v) is 2.30. The van der Waals surface area contributed by atoms with Crippen molar-refractivity contribution < 1.29 is 9.53 Å². The van der Waals surface area contributed by atoms with Crippen LogP contribution < -0.4 is 4.74 Å². The van der Waals surface area contributed by atoms with E-state index in [0.29, 0.717) is 17.6 Å². The van der Waals surface area contributed by atoms with Crippen molar-refractivity contribution in [1.82, 2.24) is 0 Å². The highest BCUT2D eigenvalue weighted by Gasteiger charge is 2.04. The molecule has 2 nitrogen and oxygen atoms in total. The number of carbonyl (C=O) groups is 1. The summed E-state index contributed by atoms with van der Waals surface area (Å²) in [6.07, 6.45) is 2.31. The quantitative estimate of drug-likeness (QED) is 0.474. The van der Waals surface area contributed by atoms with E-state index in [1.54, 1.807) is 6.07 Å². The first-order chi connectivity index (χ1) is 11.5. The molecule has 2 atom stereocenters. The standard InChI is InChI=1S/C12H16O2.C10H14/c1-4-9(2)11-6-5-7-12(8-11)14-10(3)13;1-3-9(2)10-7-5-4-6-8-10/h5-9H,4H2,1-3H3;4-9H,3H2,1-2H3. The SMILES string of the molecule is CCC(C)c1cccc(OC(C)=O)c1.CCC(C)c1ccccc1. The topological polar surface area (TPSA) is 26.3 Å². The van der Waals surface area contributed by atoms with Crippen molar-refractivity contribution in [2.45, 2.75) is 59.3 Å². The van der Waals surface area contributed by atoms with Gasteiger partial charge in [0.1, 0.15) is 5.75 Å². The van der Waals surface area contributed by atoms with Crippen molar-refractivity contribution in [3.8, 4) is 5.75 Å². The summed E-state index contributed by atoms with van der Waals surface area (Å²) < 4.78 is 5.01. The van der Waals surface area contributed by atoms with Crippen LogP contribution in [0.5, 0.6) is 5.75 Å². The van der Waals surface area contributed by atoms with Crippen LogP contribution in [0.25, 0.3) is 0 Å². The molecule has 0 aliphatic heterocycles. The van der Waals surface area contributed by atoms with E-state index < -0.39 is 0 Å². The minimum absolute atomic E-state index is 0.272. The van der Waals surface area contributed by atoms with Crippen molar-refractivity contribution >= 4 is 5.97 Å². The van der Waals surface area contributed by atoms with Crippen LogP contribution in [-0.4, -0.2) is 5.97 Å². The molecule has 0 fully saturated rings. The summed E-state index contributed by atoms with van der Waals surface area (Å²) in [6, 6.07) is 18.3. The molecule has 2 aromatic carbocycles. The molecule has 2 heteroatoms. The van der Waals surface area contributed by atoms with Crippen LogP contribution in [0.3, 0.4) is 0 Å². The zero-order valence-electron chi connectivity index (χ0n) is 15.6. The van der Waals surface area contributed by atoms with E-state index in [4.69, 9.17) is 4.74 Å². The van der Waals surface area contributed by atoms with Gasteiger partial charge >= 0.3 is 5.97 Å². The first-order valence-corrected chi connectivity index (χ1v) is 8.81. The van der Waals surface area contributed by atoms with Gasteiger partial charge in [-0.2, -0.15) is 0 Å². The van der Waals surface area contributed by atoms with Crippen LogP contribution in [-0.2, 0) is 4.79 Å². The average Bonchev–Trinajstić information content (AvgIpc) is 2.61. The average molecular weight is 326 g/mol. The number of benzene rings is 2. The normalized spacial score (nSPS) is 12.5. The van der Waals surface area contributed by atoms with E-state index in [1.165, 1.54) is 24.5 Å². The molecule has 0 aromatic heterocycles. The Labute approximate surface area is 146 Å². The van der Waals surface area contributed by atoms with Crippen LogP contribution in [0.1, 0.15) is 70.4 Å². The molecule has 0 heterocycles. The van der Waals surface area contributed by atoms with E-state index in [-0.39, 0.29) is 5.97 Å². The van der Waals surface area contributed by atoms with Gasteiger partial charge in [0.05, 0.1) is 0 Å². The molecule has 0 amide bonds. The predicted molar refractivity (Wildman–Crippen MR) is 102 cm³/mol. The maximum atomic E-state index is 10.7. The van der Waals surface area contributed by atoms with Crippen LogP contribution in [0.2, 0.25) is 0 Å². The number of esters is 1. The summed E-state index contributed by atoms with van der Waals surface area (Å²) in [5, 5.41) is 0. The second-order valence-electron chi connectivity index (χ2n) is 6.20. The lowest BCUT2D eigenvalue weighted by Gasteiger charge is -2.10. The molecule has 0 saturated heterocycles. The highest BCUT2D eigenvalue weighted by Crippen LogP contribution is 2.22. The van der Waals surface area contributed by atoms with Crippen LogP contribution >= 0.6 is 0 Å². The maximum absolute atomic E-state index is 10.7. The summed E-state index contributed by atoms with van der Waals surface area (Å²) in [5.41, 5.74) is 2.66. The lowest BCUT2D eigenvalue weighted by atomic mass is 9.99. The largest absolute Gasteiger partial charge is 0.427 e. The molecule has 0 bridgehead atoms. The first-order valence-electron chi connectivity index (χ1n) is 8.81. The molecule has 0 spiro atoms. The van der Waals surface area contributed by atoms with Crippen LogP contribution in [0.15, 0.2) is 54.6 Å². The van der Waals surface area contributed by atoms with Gasteiger partial charge in [-0.25, -0.2) is 0 Å². The highest BCUT2D eigenvalue weighted by atomic mass is 16.5. The van der Waals surface area contributed by atoms with Gasteiger partial charge in [0.25, 0.3) is 0 Å². The van der Waals surface area contributed by atoms with Gasteiger partial charge in [-0.15, -0.1) is 0 Å². The fraction of sp³-hybridized carbons (Fsp3) is 0.409. The van der Waals surface area contributed by atoms with Crippen molar-refractivity contribution in [3.63, 3.8) is 0 Å². The molecule has 2 unspecified atom stereocenters. The monoisotopic (exact) mass is 326 g/mol. The second-order valence-corrected chi connectivity index (χ2v) is 6.20. The second kappa shape index (κ2) is 10.6. The lowest BCUT2D eigenvalue weighted by Crippen LogP contribution is -2.02. The minimum atomic E-state index is -0.272. The van der Waals surface area contributed by atoms with Gasteiger partial charge in [0.2, 0.25) is 0 Å². The van der Waals surface area contributed by atoms with E-state index in [1.807, 2.05) is 12.1 Å². The number of rotatable bonds is 5. The van der Waals surface area contributed by atoms with E-state index in [9.17, 15) is 4.79 Å². The Hall–Kier alpha value is -2.09. The summed E-state index contributed by atoms with van der Waals surface area (Å²) in [6.45, 7) is 10.2. The molecule has 24 heavy (non-hydrogen) atoms. The summed E-state index contributed by atoms with van der Waals surface area (Å²) in [4.78, 5) is 10.7. The van der Waals surface area contributed by atoms with Gasteiger partial charge in [0.15, 0.2) is 0 Å². The molecular weight excluding hydrogens is 296 g/mol. The summed E-state index contributed by atoms with van der Waals surface area (Å²) in [7, 11) is 0. The third kappa shape index (κ3) is 6.99. The van der Waals surface area contributed by atoms with Crippen LogP contribution in [0.4, 0.5) is 0 Å². The van der Waals surface area contributed by atoms with Gasteiger partial charge < -0.3 is 4.74 Å². The highest BCUT2D eigenvalue weighted by molar-refractivity contribution is 5.69. The van der Waals surface area contributed by atoms with E-state index >= 15 is 0 Å². The predicted octanol–water partition coefficient (Wildman–Crippen LogP) is 6.33. The maximum Gasteiger partial charge on any atom is 0.308 e. The third-order valence-electron chi connectivity index (χ3n) is 4.28. The molecule has 0 aliphatic rings. The molecule has 0 saturated carbocycles. The number of hydrogen-bond donors (Lipinski definition) is 0. The molecule has 0 aliphatic carbocycles. The molecule has 130 valence electrons. The number of hydrogen-bond acceptors (Lipinski definition) is 2. The zero-order valence-corrected chi connectivity index (χ0v) is 15.6. The van der Waals surface area contributed by atoms with Crippen molar-refractivity contribution in [2.75, 3.05) is 0 Å². The van der Waals surface area contributed by atoms with E-state index in [0.717, 1.165) is 6.42 Å². The Balaban J connectivity index is 0.000000254. The Morgan fingerprint density at radius 1 is 0.875 bits per heavy atom.